The first-order chi connectivity index (χ1) is 26.5. The van der Waals surface area contributed by atoms with Crippen molar-refractivity contribution in [3.63, 3.8) is 0 Å². The molecule has 0 aromatic carbocycles. The Morgan fingerprint density at radius 2 is 1.36 bits per heavy atom. The number of ether oxygens (including phenoxy) is 1. The quantitative estimate of drug-likeness (QED) is 0.182. The minimum atomic E-state index is -3.39. The Morgan fingerprint density at radius 1 is 0.782 bits per heavy atom. The van der Waals surface area contributed by atoms with Crippen molar-refractivity contribution < 1.29 is 21.6 Å². The number of H-pyrrole nitrogens is 2. The molecule has 55 heavy (non-hydrogen) atoms. The minimum Gasteiger partial charge on any atom is -0.479 e. The maximum absolute atomic E-state index is 12.4. The van der Waals surface area contributed by atoms with Crippen molar-refractivity contribution in [3.8, 4) is 40.3 Å². The maximum atomic E-state index is 12.4. The molecule has 284 valence electrons. The fraction of sp³-hybridized carbons (Fsp3) is 0.371. The second-order valence-corrected chi connectivity index (χ2v) is 18.0. The smallest absolute Gasteiger partial charge is 0.282 e. The van der Waals surface area contributed by atoms with E-state index in [9.17, 15) is 27.4 Å². The van der Waals surface area contributed by atoms with Crippen LogP contribution < -0.4 is 4.74 Å². The molecule has 6 aromatic rings. The van der Waals surface area contributed by atoms with Gasteiger partial charge in [0.25, 0.3) is 10.2 Å². The van der Waals surface area contributed by atoms with Gasteiger partial charge in [-0.05, 0) is 36.8 Å². The van der Waals surface area contributed by atoms with Crippen LogP contribution in [-0.4, -0.2) is 121 Å². The molecule has 6 aromatic heterocycles. The van der Waals surface area contributed by atoms with Gasteiger partial charge < -0.3 is 14.7 Å². The Labute approximate surface area is 316 Å². The first-order valence-corrected chi connectivity index (χ1v) is 20.5. The predicted molar refractivity (Wildman–Crippen MR) is 201 cm³/mol. The van der Waals surface area contributed by atoms with Crippen LogP contribution in [-0.2, 0) is 31.3 Å². The van der Waals surface area contributed by atoms with E-state index in [0.717, 1.165) is 44.3 Å². The zero-order chi connectivity index (χ0) is 38.6. The van der Waals surface area contributed by atoms with Crippen LogP contribution in [0.25, 0.3) is 44.3 Å². The summed E-state index contributed by atoms with van der Waals surface area (Å²) in [5.74, 6) is 0.453. The Kier molecular flexibility index (Phi) is 8.98. The molecular formula is C35H37N13O5S2. The van der Waals surface area contributed by atoms with E-state index >= 15 is 0 Å². The topological polar surface area (TPSA) is 228 Å². The van der Waals surface area contributed by atoms with Crippen LogP contribution in [0.4, 0.5) is 0 Å². The second kappa shape index (κ2) is 13.6. The van der Waals surface area contributed by atoms with E-state index < -0.39 is 31.3 Å². The van der Waals surface area contributed by atoms with Crippen LogP contribution in [0.5, 0.6) is 5.88 Å². The Morgan fingerprint density at radius 3 is 1.95 bits per heavy atom. The highest BCUT2D eigenvalue weighted by atomic mass is 32.2. The average Bonchev–Trinajstić information content (AvgIpc) is 3.55. The number of rotatable bonds is 11. The van der Waals surface area contributed by atoms with Gasteiger partial charge in [0, 0.05) is 98.3 Å². The third kappa shape index (κ3) is 6.21. The Balaban J connectivity index is 0.000000155. The lowest BCUT2D eigenvalue weighted by atomic mass is 9.89. The summed E-state index contributed by atoms with van der Waals surface area (Å²) < 4.78 is 62.2. The van der Waals surface area contributed by atoms with Gasteiger partial charge in [0.05, 0.1) is 49.6 Å². The van der Waals surface area contributed by atoms with Gasteiger partial charge >= 0.3 is 0 Å². The average molecular weight is 784 g/mol. The first-order valence-electron chi connectivity index (χ1n) is 17.5. The van der Waals surface area contributed by atoms with Crippen molar-refractivity contribution in [1.82, 2.24) is 52.4 Å². The molecule has 3 aliphatic rings. The van der Waals surface area contributed by atoms with Crippen LogP contribution in [0.1, 0.15) is 19.8 Å². The molecule has 20 heteroatoms. The molecule has 0 atom stereocenters. The van der Waals surface area contributed by atoms with Crippen molar-refractivity contribution in [2.45, 2.75) is 30.8 Å². The highest BCUT2D eigenvalue weighted by molar-refractivity contribution is 7.89. The standard InChI is InChI=1S/C18H20N6O3S.C17H17N7O2S/c1-3-28(25,26)23-11-18(12-23,6-7-19)24-10-15(17(22-24)27-2)13-4-8-20-16-14(13)5-9-21-16;18-4-3-17(11-23(12-17)27(25,26)22-7-8-22)24-10-13(9-21-24)14-1-5-19-16-15(14)2-6-20-16/h4-5,8-10H,3,6,11-12H2,1-2H3,(H,20,21);1-2,5-6,9-10H,3,7-8,11-12H2,(H,19,20). The molecule has 0 saturated carbocycles. The summed E-state index contributed by atoms with van der Waals surface area (Å²) >= 11 is 0. The van der Waals surface area contributed by atoms with Gasteiger partial charge in [0.2, 0.25) is 15.9 Å². The van der Waals surface area contributed by atoms with Gasteiger partial charge in [0.1, 0.15) is 22.4 Å². The van der Waals surface area contributed by atoms with E-state index in [1.807, 2.05) is 49.1 Å². The lowest BCUT2D eigenvalue weighted by Crippen LogP contribution is -2.65. The number of nitrogens with zero attached hydrogens (tertiary/aromatic N) is 11. The molecule has 9 heterocycles. The van der Waals surface area contributed by atoms with E-state index in [2.05, 4.69) is 42.3 Å². The molecule has 3 saturated heterocycles. The zero-order valence-corrected chi connectivity index (χ0v) is 31.6. The number of nitriles is 2. The van der Waals surface area contributed by atoms with Gasteiger partial charge in [-0.15, -0.1) is 5.10 Å². The number of hydrogen-bond acceptors (Lipinski definition) is 11. The number of pyridine rings is 2. The Hall–Kier alpha value is -5.64. The van der Waals surface area contributed by atoms with Crippen LogP contribution in [0.2, 0.25) is 0 Å². The lowest BCUT2D eigenvalue weighted by Gasteiger charge is -2.47. The molecule has 0 bridgehead atoms. The fourth-order valence-electron chi connectivity index (χ4n) is 7.23. The van der Waals surface area contributed by atoms with E-state index in [-0.39, 0.29) is 44.8 Å². The second-order valence-electron chi connectivity index (χ2n) is 13.8. The summed E-state index contributed by atoms with van der Waals surface area (Å²) in [6.45, 7) is 3.72. The number of methoxy groups -OCH3 is 1. The maximum Gasteiger partial charge on any atom is 0.282 e. The van der Waals surface area contributed by atoms with Crippen LogP contribution in [0.3, 0.4) is 0 Å². The molecule has 0 spiro atoms. The largest absolute Gasteiger partial charge is 0.479 e. The molecule has 0 unspecified atom stereocenters. The molecule has 18 nitrogen and oxygen atoms in total. The van der Waals surface area contributed by atoms with E-state index in [4.69, 9.17) is 4.74 Å². The van der Waals surface area contributed by atoms with Crippen LogP contribution in [0, 0.1) is 22.7 Å². The third-order valence-electron chi connectivity index (χ3n) is 10.5. The van der Waals surface area contributed by atoms with Crippen molar-refractivity contribution in [1.29, 1.82) is 10.5 Å². The summed E-state index contributed by atoms with van der Waals surface area (Å²) in [5, 5.41) is 29.6. The van der Waals surface area contributed by atoms with Crippen molar-refractivity contribution in [2.24, 2.45) is 0 Å². The lowest BCUT2D eigenvalue weighted by molar-refractivity contribution is 0.0689. The van der Waals surface area contributed by atoms with Gasteiger partial charge in [-0.3, -0.25) is 9.36 Å². The van der Waals surface area contributed by atoms with Gasteiger partial charge in [-0.2, -0.15) is 37.0 Å². The highest BCUT2D eigenvalue weighted by Gasteiger charge is 2.53. The molecule has 2 N–H and O–H groups in total. The molecule has 3 fully saturated rings. The number of nitrogens with one attached hydrogen (secondary N) is 2. The monoisotopic (exact) mass is 783 g/mol. The first kappa shape index (κ1) is 36.3. The number of fused-ring (bicyclic) bond motifs is 2. The molecule has 0 aliphatic carbocycles. The van der Waals surface area contributed by atoms with E-state index in [1.165, 1.54) is 20.0 Å². The number of sulfonamides is 1. The van der Waals surface area contributed by atoms with Crippen LogP contribution in [0.15, 0.2) is 67.6 Å². The number of hydrogen-bond donors (Lipinski definition) is 2. The minimum absolute atomic E-state index is 0.0335. The highest BCUT2D eigenvalue weighted by Crippen LogP contribution is 2.40. The number of aromatic amines is 2. The molecule has 0 radical (unpaired) electrons. The molecule has 0 amide bonds. The molecule has 3 aliphatic heterocycles. The number of aromatic nitrogens is 8. The summed E-state index contributed by atoms with van der Waals surface area (Å²) in [5.41, 5.74) is 3.79. The van der Waals surface area contributed by atoms with Crippen molar-refractivity contribution in [2.75, 3.05) is 52.1 Å². The fourth-order valence-corrected chi connectivity index (χ4v) is 10.1. The predicted octanol–water partition coefficient (Wildman–Crippen LogP) is 2.62. The summed E-state index contributed by atoms with van der Waals surface area (Å²) in [6, 6.07) is 12.1. The van der Waals surface area contributed by atoms with Gasteiger partial charge in [0.15, 0.2) is 0 Å². The normalized spacial score (nSPS) is 18.1. The van der Waals surface area contributed by atoms with Crippen LogP contribution >= 0.6 is 0 Å². The SMILES string of the molecule is CCS(=O)(=O)N1CC(CC#N)(n2cc(-c3ccnc4[nH]ccc34)c(OC)n2)C1.N#CCC1(n2cc(-c3ccnc4[nH]ccc34)cn2)CN(S(=O)(=O)N2CC2)C1. The molecule has 9 rings (SSSR count). The molecular weight excluding hydrogens is 747 g/mol. The van der Waals surface area contributed by atoms with Crippen molar-refractivity contribution >= 4 is 42.3 Å². The van der Waals surface area contributed by atoms with Gasteiger partial charge in [-0.1, -0.05) is 0 Å². The summed E-state index contributed by atoms with van der Waals surface area (Å²) in [6.07, 6.45) is 12.9. The Bertz CT molecular complexity index is 2700. The van der Waals surface area contributed by atoms with E-state index in [1.54, 1.807) is 34.9 Å². The van der Waals surface area contributed by atoms with E-state index in [0.29, 0.717) is 19.0 Å². The zero-order valence-electron chi connectivity index (χ0n) is 30.0. The van der Waals surface area contributed by atoms with Gasteiger partial charge in [-0.25, -0.2) is 18.4 Å². The summed E-state index contributed by atoms with van der Waals surface area (Å²) in [4.78, 5) is 14.8. The summed E-state index contributed by atoms with van der Waals surface area (Å²) in [7, 11) is -5.15. The third-order valence-corrected chi connectivity index (χ3v) is 14.2. The van der Waals surface area contributed by atoms with Crippen molar-refractivity contribution in [3.05, 3.63) is 67.6 Å².